The van der Waals surface area contributed by atoms with Crippen LogP contribution in [0.1, 0.15) is 33.3 Å². The van der Waals surface area contributed by atoms with E-state index in [1.54, 1.807) is 47.4 Å². The number of hydrogen-bond acceptors (Lipinski definition) is 5. The van der Waals surface area contributed by atoms with Gasteiger partial charge in [-0.15, -0.1) is 0 Å². The number of ketones is 1. The molecule has 1 aromatic heterocycles. The number of carbonyl (C=O) groups is 3. The summed E-state index contributed by atoms with van der Waals surface area (Å²) in [6.45, 7) is 3.61. The van der Waals surface area contributed by atoms with E-state index in [1.165, 1.54) is 18.0 Å². The van der Waals surface area contributed by atoms with E-state index < -0.39 is 0 Å². The predicted molar refractivity (Wildman–Crippen MR) is 103 cm³/mol. The Morgan fingerprint density at radius 3 is 2.54 bits per heavy atom. The molecule has 2 amide bonds. The fourth-order valence-electron chi connectivity index (χ4n) is 3.41. The van der Waals surface area contributed by atoms with Gasteiger partial charge in [-0.05, 0) is 30.3 Å². The van der Waals surface area contributed by atoms with Crippen LogP contribution >= 0.6 is 0 Å². The predicted octanol–water partition coefficient (Wildman–Crippen LogP) is 2.14. The summed E-state index contributed by atoms with van der Waals surface area (Å²) in [6, 6.07) is 10.4. The van der Waals surface area contributed by atoms with Crippen molar-refractivity contribution in [3.8, 4) is 0 Å². The lowest BCUT2D eigenvalue weighted by atomic mass is 10.1. The fraction of sp³-hybridized carbons (Fsp3) is 0.238. The number of para-hydroxylation sites is 1. The molecular formula is C21H19N3O4. The largest absolute Gasteiger partial charge is 0.378 e. The van der Waals surface area contributed by atoms with Gasteiger partial charge in [0.15, 0.2) is 0 Å². The van der Waals surface area contributed by atoms with Crippen LogP contribution in [0.4, 0.5) is 5.69 Å². The Balaban J connectivity index is 1.61. The number of hydrogen-bond donors (Lipinski definition) is 0. The first-order valence-corrected chi connectivity index (χ1v) is 9.05. The molecule has 0 bridgehead atoms. The number of carbonyl (C=O) groups excluding carboxylic acids is 3. The zero-order chi connectivity index (χ0) is 19.7. The zero-order valence-electron chi connectivity index (χ0n) is 15.4. The van der Waals surface area contributed by atoms with Crippen LogP contribution in [0.3, 0.4) is 0 Å². The SMILES string of the molecule is CC(=O)N1/C(=C\c2ccc(C(=O)N3CCOCC3)cn2)C(=O)c2ccccc21. The van der Waals surface area contributed by atoms with Crippen LogP contribution in [0.5, 0.6) is 0 Å². The van der Waals surface area contributed by atoms with Crippen molar-refractivity contribution in [1.29, 1.82) is 0 Å². The molecule has 2 aliphatic heterocycles. The maximum absolute atomic E-state index is 12.7. The number of allylic oxidation sites excluding steroid dienone is 1. The third-order valence-electron chi connectivity index (χ3n) is 4.79. The molecule has 2 aliphatic rings. The third kappa shape index (κ3) is 3.20. The second kappa shape index (κ2) is 7.36. The molecule has 4 rings (SSSR count). The van der Waals surface area contributed by atoms with Gasteiger partial charge >= 0.3 is 0 Å². The minimum Gasteiger partial charge on any atom is -0.378 e. The van der Waals surface area contributed by atoms with Crippen molar-refractivity contribution in [3.05, 3.63) is 65.1 Å². The lowest BCUT2D eigenvalue weighted by Gasteiger charge is -2.26. The normalized spacial score (nSPS) is 17.8. The number of aromatic nitrogens is 1. The molecule has 0 unspecified atom stereocenters. The molecule has 1 aromatic carbocycles. The van der Waals surface area contributed by atoms with Crippen LogP contribution in [0.25, 0.3) is 6.08 Å². The summed E-state index contributed by atoms with van der Waals surface area (Å²) >= 11 is 0. The van der Waals surface area contributed by atoms with Crippen molar-refractivity contribution in [2.75, 3.05) is 31.2 Å². The molecule has 2 aromatic rings. The molecule has 7 nitrogen and oxygen atoms in total. The van der Waals surface area contributed by atoms with E-state index in [2.05, 4.69) is 4.98 Å². The van der Waals surface area contributed by atoms with Crippen molar-refractivity contribution in [3.63, 3.8) is 0 Å². The van der Waals surface area contributed by atoms with Crippen molar-refractivity contribution in [1.82, 2.24) is 9.88 Å². The Bertz CT molecular complexity index is 975. The van der Waals surface area contributed by atoms with Crippen LogP contribution in [0, 0.1) is 0 Å². The minimum absolute atomic E-state index is 0.0929. The second-order valence-corrected chi connectivity index (χ2v) is 6.61. The van der Waals surface area contributed by atoms with Gasteiger partial charge in [-0.1, -0.05) is 12.1 Å². The van der Waals surface area contributed by atoms with Crippen molar-refractivity contribution in [2.45, 2.75) is 6.92 Å². The Morgan fingerprint density at radius 2 is 1.86 bits per heavy atom. The van der Waals surface area contributed by atoms with E-state index in [-0.39, 0.29) is 23.3 Å². The van der Waals surface area contributed by atoms with E-state index in [0.29, 0.717) is 48.8 Å². The first-order chi connectivity index (χ1) is 13.6. The molecule has 142 valence electrons. The van der Waals surface area contributed by atoms with Gasteiger partial charge in [-0.3, -0.25) is 24.3 Å². The van der Waals surface area contributed by atoms with E-state index in [0.717, 1.165) is 0 Å². The summed E-state index contributed by atoms with van der Waals surface area (Å²) < 4.78 is 5.26. The smallest absolute Gasteiger partial charge is 0.255 e. The first kappa shape index (κ1) is 18.1. The van der Waals surface area contributed by atoms with Gasteiger partial charge in [0.2, 0.25) is 11.7 Å². The van der Waals surface area contributed by atoms with Crippen molar-refractivity contribution in [2.24, 2.45) is 0 Å². The fourth-order valence-corrected chi connectivity index (χ4v) is 3.41. The third-order valence-corrected chi connectivity index (χ3v) is 4.79. The molecule has 0 aliphatic carbocycles. The topological polar surface area (TPSA) is 79.8 Å². The van der Waals surface area contributed by atoms with Gasteiger partial charge < -0.3 is 9.64 Å². The number of fused-ring (bicyclic) bond motifs is 1. The van der Waals surface area contributed by atoms with Gasteiger partial charge in [0.1, 0.15) is 0 Å². The average molecular weight is 377 g/mol. The summed E-state index contributed by atoms with van der Waals surface area (Å²) in [5.41, 5.74) is 2.30. The highest BCUT2D eigenvalue weighted by Gasteiger charge is 2.34. The van der Waals surface area contributed by atoms with Crippen molar-refractivity contribution >= 4 is 29.4 Å². The lowest BCUT2D eigenvalue weighted by molar-refractivity contribution is -0.116. The van der Waals surface area contributed by atoms with Crippen LogP contribution in [-0.2, 0) is 9.53 Å². The average Bonchev–Trinajstić information content (AvgIpc) is 3.01. The van der Waals surface area contributed by atoms with Crippen LogP contribution in [0.15, 0.2) is 48.3 Å². The summed E-state index contributed by atoms with van der Waals surface area (Å²) in [4.78, 5) is 44.8. The van der Waals surface area contributed by atoms with E-state index in [4.69, 9.17) is 4.74 Å². The summed E-state index contributed by atoms with van der Waals surface area (Å²) in [5, 5.41) is 0. The number of amides is 2. The molecule has 1 saturated heterocycles. The number of morpholine rings is 1. The zero-order valence-corrected chi connectivity index (χ0v) is 15.4. The molecule has 7 heteroatoms. The molecule has 0 spiro atoms. The highest BCUT2D eigenvalue weighted by atomic mass is 16.5. The maximum atomic E-state index is 12.7. The van der Waals surface area contributed by atoms with E-state index in [1.807, 2.05) is 0 Å². The Labute approximate surface area is 162 Å². The standard InChI is InChI=1S/C21H19N3O4/c1-14(25)24-18-5-3-2-4-17(18)20(26)19(24)12-16-7-6-15(13-22-16)21(27)23-8-10-28-11-9-23/h2-7,12-13H,8-11H2,1H3/b19-12-. The molecule has 28 heavy (non-hydrogen) atoms. The van der Waals surface area contributed by atoms with Crippen LogP contribution < -0.4 is 4.90 Å². The number of benzene rings is 1. The molecular weight excluding hydrogens is 358 g/mol. The van der Waals surface area contributed by atoms with Gasteiger partial charge in [-0.25, -0.2) is 0 Å². The summed E-state index contributed by atoms with van der Waals surface area (Å²) in [7, 11) is 0. The molecule has 1 fully saturated rings. The number of Topliss-reactive ketones (excluding diaryl/α,β-unsaturated/α-hetero) is 1. The maximum Gasteiger partial charge on any atom is 0.255 e. The highest BCUT2D eigenvalue weighted by Crippen LogP contribution is 2.35. The van der Waals surface area contributed by atoms with Gasteiger partial charge in [0, 0.05) is 31.8 Å². The number of pyridine rings is 1. The van der Waals surface area contributed by atoms with E-state index >= 15 is 0 Å². The molecule has 0 radical (unpaired) electrons. The second-order valence-electron chi connectivity index (χ2n) is 6.61. The van der Waals surface area contributed by atoms with E-state index in [9.17, 15) is 14.4 Å². The number of anilines is 1. The van der Waals surface area contributed by atoms with Gasteiger partial charge in [-0.2, -0.15) is 0 Å². The quantitative estimate of drug-likeness (QED) is 0.749. The Hall–Kier alpha value is -3.32. The van der Waals surface area contributed by atoms with Crippen LogP contribution in [-0.4, -0.2) is 53.8 Å². The highest BCUT2D eigenvalue weighted by molar-refractivity contribution is 6.26. The first-order valence-electron chi connectivity index (χ1n) is 9.05. The van der Waals surface area contributed by atoms with Gasteiger partial charge in [0.25, 0.3) is 5.91 Å². The molecule has 0 saturated carbocycles. The summed E-state index contributed by atoms with van der Waals surface area (Å²) in [6.07, 6.45) is 3.07. The number of ether oxygens (including phenoxy) is 1. The molecule has 0 atom stereocenters. The van der Waals surface area contributed by atoms with Gasteiger partial charge in [0.05, 0.1) is 35.9 Å². The molecule has 0 N–H and O–H groups in total. The minimum atomic E-state index is -0.247. The molecule has 3 heterocycles. The monoisotopic (exact) mass is 377 g/mol. The van der Waals surface area contributed by atoms with Crippen molar-refractivity contribution < 1.29 is 19.1 Å². The Morgan fingerprint density at radius 1 is 1.11 bits per heavy atom. The number of nitrogens with zero attached hydrogens (tertiary/aromatic N) is 3. The number of rotatable bonds is 2. The summed E-state index contributed by atoms with van der Waals surface area (Å²) in [5.74, 6) is -0.561. The lowest BCUT2D eigenvalue weighted by Crippen LogP contribution is -2.40. The Kier molecular flexibility index (Phi) is 4.75. The van der Waals surface area contributed by atoms with Crippen LogP contribution in [0.2, 0.25) is 0 Å².